The van der Waals surface area contributed by atoms with Crippen LogP contribution in [0.25, 0.3) is 0 Å². The predicted molar refractivity (Wildman–Crippen MR) is 119 cm³/mol. The van der Waals surface area contributed by atoms with E-state index in [-0.39, 0.29) is 17.6 Å². The molecule has 8 nitrogen and oxygen atoms in total. The minimum atomic E-state index is -0.442. The molecule has 0 saturated heterocycles. The zero-order valence-electron chi connectivity index (χ0n) is 15.5. The molecule has 0 aliphatic rings. The van der Waals surface area contributed by atoms with Crippen molar-refractivity contribution in [1.29, 1.82) is 0 Å². The van der Waals surface area contributed by atoms with Gasteiger partial charge in [-0.05, 0) is 48.5 Å². The summed E-state index contributed by atoms with van der Waals surface area (Å²) in [7, 11) is 1.31. The molecule has 3 rings (SSSR count). The Morgan fingerprint density at radius 1 is 1.00 bits per heavy atom. The average Bonchev–Trinajstić information content (AvgIpc) is 3.20. The Labute approximate surface area is 188 Å². The van der Waals surface area contributed by atoms with E-state index < -0.39 is 5.97 Å². The van der Waals surface area contributed by atoms with E-state index in [1.54, 1.807) is 48.5 Å². The minimum Gasteiger partial charge on any atom is -0.465 e. The second-order valence-electron chi connectivity index (χ2n) is 5.74. The van der Waals surface area contributed by atoms with E-state index in [2.05, 4.69) is 41.5 Å². The number of halogens is 1. The Kier molecular flexibility index (Phi) is 7.55. The molecule has 0 unspecified atom stereocenters. The van der Waals surface area contributed by atoms with Crippen LogP contribution in [0.15, 0.2) is 57.3 Å². The summed E-state index contributed by atoms with van der Waals surface area (Å²) in [5.74, 6) is -0.846. The summed E-state index contributed by atoms with van der Waals surface area (Å²) in [5, 5.41) is 13.7. The van der Waals surface area contributed by atoms with Crippen molar-refractivity contribution < 1.29 is 19.1 Å². The number of aromatic nitrogens is 2. The average molecular weight is 507 g/mol. The number of nitrogens with one attached hydrogen (secondary N) is 2. The zero-order chi connectivity index (χ0) is 21.5. The summed E-state index contributed by atoms with van der Waals surface area (Å²) in [6, 6.07) is 13.3. The van der Waals surface area contributed by atoms with E-state index in [9.17, 15) is 14.4 Å². The van der Waals surface area contributed by atoms with Crippen molar-refractivity contribution in [3.05, 3.63) is 64.1 Å². The fourth-order valence-electron chi connectivity index (χ4n) is 2.22. The monoisotopic (exact) mass is 506 g/mol. The van der Waals surface area contributed by atoms with Gasteiger partial charge in [0.2, 0.25) is 11.0 Å². The van der Waals surface area contributed by atoms with Gasteiger partial charge in [-0.1, -0.05) is 39.0 Å². The predicted octanol–water partition coefficient (Wildman–Crippen LogP) is 4.07. The fraction of sp³-hybridized carbons (Fsp3) is 0.105. The molecule has 2 N–H and O–H groups in total. The standard InChI is InChI=1S/C19H15BrN4O4S2/c1-28-17(27)12-4-8-14(9-5-12)21-15(25)10-29-19-24-23-18(30-19)22-16(26)11-2-6-13(20)7-3-11/h2-9H,10H2,1H3,(H,21,25)(H,22,23,26). The number of methoxy groups -OCH3 is 1. The number of carbonyl (C=O) groups is 3. The molecule has 1 heterocycles. The van der Waals surface area contributed by atoms with Crippen LogP contribution < -0.4 is 10.6 Å². The van der Waals surface area contributed by atoms with E-state index in [0.29, 0.717) is 26.3 Å². The Bertz CT molecular complexity index is 1060. The molecule has 0 saturated carbocycles. The van der Waals surface area contributed by atoms with E-state index in [0.717, 1.165) is 4.47 Å². The third-order valence-electron chi connectivity index (χ3n) is 3.65. The maximum atomic E-state index is 12.2. The van der Waals surface area contributed by atoms with Crippen molar-refractivity contribution in [2.75, 3.05) is 23.5 Å². The highest BCUT2D eigenvalue weighted by atomic mass is 79.9. The Morgan fingerprint density at radius 3 is 2.33 bits per heavy atom. The first-order valence-corrected chi connectivity index (χ1v) is 11.1. The lowest BCUT2D eigenvalue weighted by atomic mass is 10.2. The first kappa shape index (κ1) is 21.9. The third kappa shape index (κ3) is 6.12. The maximum absolute atomic E-state index is 12.2. The number of thioether (sulfide) groups is 1. The number of ether oxygens (including phenoxy) is 1. The van der Waals surface area contributed by atoms with Crippen molar-refractivity contribution >= 4 is 67.6 Å². The fourth-order valence-corrected chi connectivity index (χ4v) is 4.03. The molecule has 0 aliphatic carbocycles. The molecule has 0 bridgehead atoms. The van der Waals surface area contributed by atoms with Crippen molar-refractivity contribution in [1.82, 2.24) is 10.2 Å². The number of hydrogen-bond donors (Lipinski definition) is 2. The molecule has 0 fully saturated rings. The van der Waals surface area contributed by atoms with Crippen LogP contribution in [0.2, 0.25) is 0 Å². The summed E-state index contributed by atoms with van der Waals surface area (Å²) < 4.78 is 6.07. The highest BCUT2D eigenvalue weighted by Gasteiger charge is 2.12. The molecule has 2 aromatic carbocycles. The van der Waals surface area contributed by atoms with Crippen LogP contribution in [-0.4, -0.2) is 40.8 Å². The molecule has 30 heavy (non-hydrogen) atoms. The van der Waals surface area contributed by atoms with Crippen LogP contribution in [0, 0.1) is 0 Å². The summed E-state index contributed by atoms with van der Waals surface area (Å²) in [6.45, 7) is 0. The van der Waals surface area contributed by atoms with Gasteiger partial charge in [0.05, 0.1) is 18.4 Å². The third-order valence-corrected chi connectivity index (χ3v) is 6.15. The number of amides is 2. The second-order valence-corrected chi connectivity index (χ2v) is 8.86. The molecule has 2 amide bonds. The molecular weight excluding hydrogens is 492 g/mol. The van der Waals surface area contributed by atoms with Crippen LogP contribution in [0.5, 0.6) is 0 Å². The molecule has 11 heteroatoms. The number of esters is 1. The van der Waals surface area contributed by atoms with Gasteiger partial charge in [0, 0.05) is 15.7 Å². The summed E-state index contributed by atoms with van der Waals surface area (Å²) in [6.07, 6.45) is 0. The lowest BCUT2D eigenvalue weighted by Gasteiger charge is -2.05. The van der Waals surface area contributed by atoms with Crippen molar-refractivity contribution in [3.63, 3.8) is 0 Å². The van der Waals surface area contributed by atoms with Crippen molar-refractivity contribution in [2.24, 2.45) is 0 Å². The van der Waals surface area contributed by atoms with E-state index in [1.165, 1.54) is 30.2 Å². The van der Waals surface area contributed by atoms with Gasteiger partial charge in [-0.15, -0.1) is 10.2 Å². The Hall–Kier alpha value is -2.76. The number of benzene rings is 2. The van der Waals surface area contributed by atoms with Gasteiger partial charge in [0.15, 0.2) is 4.34 Å². The Morgan fingerprint density at radius 2 is 1.67 bits per heavy atom. The number of anilines is 2. The first-order chi connectivity index (χ1) is 14.4. The topological polar surface area (TPSA) is 110 Å². The Balaban J connectivity index is 1.48. The van der Waals surface area contributed by atoms with E-state index in [1.807, 2.05) is 0 Å². The number of hydrogen-bond acceptors (Lipinski definition) is 8. The number of nitrogens with zero attached hydrogens (tertiary/aromatic N) is 2. The minimum absolute atomic E-state index is 0.119. The van der Waals surface area contributed by atoms with Gasteiger partial charge in [-0.2, -0.15) is 0 Å². The van der Waals surface area contributed by atoms with E-state index >= 15 is 0 Å². The van der Waals surface area contributed by atoms with E-state index in [4.69, 9.17) is 0 Å². The largest absolute Gasteiger partial charge is 0.465 e. The van der Waals surface area contributed by atoms with Crippen LogP contribution in [0.3, 0.4) is 0 Å². The zero-order valence-corrected chi connectivity index (χ0v) is 18.8. The smallest absolute Gasteiger partial charge is 0.337 e. The quantitative estimate of drug-likeness (QED) is 0.282. The van der Waals surface area contributed by atoms with Gasteiger partial charge in [0.25, 0.3) is 5.91 Å². The lowest BCUT2D eigenvalue weighted by molar-refractivity contribution is -0.113. The molecular formula is C19H15BrN4O4S2. The van der Waals surface area contributed by atoms with Crippen molar-refractivity contribution in [2.45, 2.75) is 4.34 Å². The summed E-state index contributed by atoms with van der Waals surface area (Å²) in [4.78, 5) is 35.7. The van der Waals surface area contributed by atoms with Crippen LogP contribution in [0.4, 0.5) is 10.8 Å². The molecule has 1 aromatic heterocycles. The van der Waals surface area contributed by atoms with Crippen molar-refractivity contribution in [3.8, 4) is 0 Å². The summed E-state index contributed by atoms with van der Waals surface area (Å²) in [5.41, 5.74) is 1.46. The normalized spacial score (nSPS) is 10.3. The number of carbonyl (C=O) groups excluding carboxylic acids is 3. The van der Waals surface area contributed by atoms with Gasteiger partial charge < -0.3 is 10.1 Å². The molecule has 0 aliphatic heterocycles. The molecule has 154 valence electrons. The lowest BCUT2D eigenvalue weighted by Crippen LogP contribution is -2.14. The first-order valence-electron chi connectivity index (χ1n) is 8.46. The van der Waals surface area contributed by atoms with Gasteiger partial charge >= 0.3 is 5.97 Å². The van der Waals surface area contributed by atoms with Crippen LogP contribution >= 0.6 is 39.0 Å². The number of rotatable bonds is 7. The maximum Gasteiger partial charge on any atom is 0.337 e. The van der Waals surface area contributed by atoms with Gasteiger partial charge in [-0.3, -0.25) is 14.9 Å². The van der Waals surface area contributed by atoms with Gasteiger partial charge in [0.1, 0.15) is 0 Å². The molecule has 0 atom stereocenters. The SMILES string of the molecule is COC(=O)c1ccc(NC(=O)CSc2nnc(NC(=O)c3ccc(Br)cc3)s2)cc1. The van der Waals surface area contributed by atoms with Gasteiger partial charge in [-0.25, -0.2) is 4.79 Å². The van der Waals surface area contributed by atoms with Crippen LogP contribution in [0.1, 0.15) is 20.7 Å². The highest BCUT2D eigenvalue weighted by molar-refractivity contribution is 9.10. The second kappa shape index (κ2) is 10.3. The molecule has 0 spiro atoms. The summed E-state index contributed by atoms with van der Waals surface area (Å²) >= 11 is 5.71. The highest BCUT2D eigenvalue weighted by Crippen LogP contribution is 2.26. The molecule has 0 radical (unpaired) electrons. The van der Waals surface area contributed by atoms with Crippen LogP contribution in [-0.2, 0) is 9.53 Å². The molecule has 3 aromatic rings.